The quantitative estimate of drug-likeness (QED) is 0.767. The van der Waals surface area contributed by atoms with Gasteiger partial charge < -0.3 is 10.2 Å². The molecule has 1 aromatic heterocycles. The van der Waals surface area contributed by atoms with Gasteiger partial charge in [0.1, 0.15) is 0 Å². The lowest BCUT2D eigenvalue weighted by molar-refractivity contribution is -0.126. The number of benzene rings is 1. The first kappa shape index (κ1) is 18.1. The molecule has 26 heavy (non-hydrogen) atoms. The van der Waals surface area contributed by atoms with E-state index in [9.17, 15) is 9.59 Å². The second-order valence-electron chi connectivity index (χ2n) is 6.65. The summed E-state index contributed by atoms with van der Waals surface area (Å²) in [5.41, 5.74) is 3.19. The van der Waals surface area contributed by atoms with Crippen molar-refractivity contribution in [2.75, 3.05) is 18.0 Å². The molecule has 2 amide bonds. The minimum absolute atomic E-state index is 0.0248. The second kappa shape index (κ2) is 8.12. The van der Waals surface area contributed by atoms with Crippen molar-refractivity contribution in [1.29, 1.82) is 0 Å². The van der Waals surface area contributed by atoms with Gasteiger partial charge in [-0.3, -0.25) is 14.3 Å². The molecule has 0 bridgehead atoms. The van der Waals surface area contributed by atoms with Gasteiger partial charge in [-0.15, -0.1) is 5.10 Å². The number of para-hydroxylation sites is 1. The third-order valence-corrected chi connectivity index (χ3v) is 4.80. The fraction of sp³-hybridized carbons (Fsp3) is 0.474. The van der Waals surface area contributed by atoms with Gasteiger partial charge in [0, 0.05) is 37.9 Å². The van der Waals surface area contributed by atoms with Crippen LogP contribution >= 0.6 is 0 Å². The number of aryl methyl sites for hydroxylation is 3. The molecule has 0 radical (unpaired) electrons. The van der Waals surface area contributed by atoms with Crippen molar-refractivity contribution in [2.24, 2.45) is 5.92 Å². The zero-order valence-electron chi connectivity index (χ0n) is 15.3. The Morgan fingerprint density at radius 1 is 1.38 bits per heavy atom. The lowest BCUT2D eigenvalue weighted by Gasteiger charge is -2.22. The number of nitrogens with one attached hydrogen (secondary N) is 1. The SMILES string of the molecule is CCc1cccc(C)c1N1C[C@H](C(=O)NCCCn2ccnn2)CC1=O. The maximum atomic E-state index is 12.5. The molecule has 1 aliphatic rings. The molecule has 0 aliphatic carbocycles. The van der Waals surface area contributed by atoms with Crippen LogP contribution in [0, 0.1) is 12.8 Å². The number of anilines is 1. The van der Waals surface area contributed by atoms with Crippen molar-refractivity contribution >= 4 is 17.5 Å². The molecule has 138 valence electrons. The Labute approximate surface area is 153 Å². The lowest BCUT2D eigenvalue weighted by Crippen LogP contribution is -2.34. The monoisotopic (exact) mass is 355 g/mol. The van der Waals surface area contributed by atoms with Crippen LogP contribution in [0.25, 0.3) is 0 Å². The fourth-order valence-electron chi connectivity index (χ4n) is 3.44. The van der Waals surface area contributed by atoms with Gasteiger partial charge in [0.15, 0.2) is 0 Å². The fourth-order valence-corrected chi connectivity index (χ4v) is 3.44. The molecule has 2 aromatic rings. The predicted molar refractivity (Wildman–Crippen MR) is 98.7 cm³/mol. The van der Waals surface area contributed by atoms with Crippen molar-refractivity contribution in [1.82, 2.24) is 20.3 Å². The third kappa shape index (κ3) is 3.92. The van der Waals surface area contributed by atoms with E-state index in [0.717, 1.165) is 29.7 Å². The summed E-state index contributed by atoms with van der Waals surface area (Å²) in [7, 11) is 0. The van der Waals surface area contributed by atoms with Crippen LogP contribution in [-0.2, 0) is 22.6 Å². The topological polar surface area (TPSA) is 80.1 Å². The standard InChI is InChI=1S/C19H25N5O2/c1-3-15-7-4-6-14(2)18(15)24-13-16(12-17(24)25)19(26)20-8-5-10-23-11-9-21-22-23/h4,6-7,9,11,16H,3,5,8,10,12-13H2,1-2H3,(H,20,26)/t16-/m1/s1. The average molecular weight is 355 g/mol. The number of hydrogen-bond acceptors (Lipinski definition) is 4. The van der Waals surface area contributed by atoms with Gasteiger partial charge in [-0.2, -0.15) is 0 Å². The Morgan fingerprint density at radius 2 is 2.23 bits per heavy atom. The third-order valence-electron chi connectivity index (χ3n) is 4.80. The summed E-state index contributed by atoms with van der Waals surface area (Å²) < 4.78 is 1.73. The first-order valence-corrected chi connectivity index (χ1v) is 9.10. The Kier molecular flexibility index (Phi) is 5.65. The van der Waals surface area contributed by atoms with Crippen molar-refractivity contribution in [3.63, 3.8) is 0 Å². The molecule has 2 heterocycles. The number of carbonyl (C=O) groups excluding carboxylic acids is 2. The number of aromatic nitrogens is 3. The van der Waals surface area contributed by atoms with Crippen LogP contribution in [-0.4, -0.2) is 39.9 Å². The molecule has 1 atom stereocenters. The van der Waals surface area contributed by atoms with Crippen LogP contribution in [0.5, 0.6) is 0 Å². The summed E-state index contributed by atoms with van der Waals surface area (Å²) in [6.45, 7) is 5.82. The summed E-state index contributed by atoms with van der Waals surface area (Å²) in [6.07, 6.45) is 5.33. The minimum atomic E-state index is -0.293. The first-order valence-electron chi connectivity index (χ1n) is 9.10. The van der Waals surface area contributed by atoms with E-state index in [0.29, 0.717) is 19.6 Å². The Hall–Kier alpha value is -2.70. The molecule has 0 spiro atoms. The van der Waals surface area contributed by atoms with Crippen LogP contribution in [0.3, 0.4) is 0 Å². The molecule has 3 rings (SSSR count). The molecule has 7 heteroatoms. The molecule has 1 saturated heterocycles. The van der Waals surface area contributed by atoms with Crippen molar-refractivity contribution in [3.8, 4) is 0 Å². The smallest absolute Gasteiger partial charge is 0.227 e. The van der Waals surface area contributed by atoms with E-state index >= 15 is 0 Å². The van der Waals surface area contributed by atoms with Gasteiger partial charge in [0.2, 0.25) is 11.8 Å². The van der Waals surface area contributed by atoms with Gasteiger partial charge >= 0.3 is 0 Å². The average Bonchev–Trinajstić information content (AvgIpc) is 3.28. The van der Waals surface area contributed by atoms with Crippen LogP contribution in [0.1, 0.15) is 30.9 Å². The number of hydrogen-bond donors (Lipinski definition) is 1. The Bertz CT molecular complexity index is 772. The largest absolute Gasteiger partial charge is 0.356 e. The van der Waals surface area contributed by atoms with E-state index in [4.69, 9.17) is 0 Å². The van der Waals surface area contributed by atoms with Crippen LogP contribution in [0.2, 0.25) is 0 Å². The highest BCUT2D eigenvalue weighted by atomic mass is 16.2. The molecule has 1 N–H and O–H groups in total. The first-order chi connectivity index (χ1) is 12.6. The van der Waals surface area contributed by atoms with E-state index < -0.39 is 0 Å². The second-order valence-corrected chi connectivity index (χ2v) is 6.65. The minimum Gasteiger partial charge on any atom is -0.356 e. The highest BCUT2D eigenvalue weighted by Gasteiger charge is 2.36. The van der Waals surface area contributed by atoms with Gasteiger partial charge in [0.05, 0.1) is 12.1 Å². The highest BCUT2D eigenvalue weighted by Crippen LogP contribution is 2.31. The molecular weight excluding hydrogens is 330 g/mol. The normalized spacial score (nSPS) is 16.9. The summed E-state index contributed by atoms with van der Waals surface area (Å²) in [5, 5.41) is 10.6. The predicted octanol–water partition coefficient (Wildman–Crippen LogP) is 1.71. The van der Waals surface area contributed by atoms with Crippen LogP contribution in [0.4, 0.5) is 5.69 Å². The molecule has 1 aliphatic heterocycles. The van der Waals surface area contributed by atoms with Crippen molar-refractivity contribution < 1.29 is 9.59 Å². The van der Waals surface area contributed by atoms with Gasteiger partial charge in [-0.25, -0.2) is 0 Å². The summed E-state index contributed by atoms with van der Waals surface area (Å²) in [6, 6.07) is 6.07. The number of carbonyl (C=O) groups is 2. The van der Waals surface area contributed by atoms with Gasteiger partial charge in [0.25, 0.3) is 0 Å². The Balaban J connectivity index is 1.56. The molecule has 7 nitrogen and oxygen atoms in total. The zero-order chi connectivity index (χ0) is 18.5. The Morgan fingerprint density at radius 3 is 2.96 bits per heavy atom. The molecular formula is C19H25N5O2. The number of nitrogens with zero attached hydrogens (tertiary/aromatic N) is 4. The van der Waals surface area contributed by atoms with E-state index in [1.807, 2.05) is 25.1 Å². The summed E-state index contributed by atoms with van der Waals surface area (Å²) >= 11 is 0. The number of rotatable bonds is 7. The van der Waals surface area contributed by atoms with E-state index in [1.165, 1.54) is 0 Å². The maximum Gasteiger partial charge on any atom is 0.227 e. The van der Waals surface area contributed by atoms with Crippen molar-refractivity contribution in [2.45, 2.75) is 39.7 Å². The lowest BCUT2D eigenvalue weighted by atomic mass is 10.0. The molecule has 1 fully saturated rings. The van der Waals surface area contributed by atoms with Gasteiger partial charge in [-0.1, -0.05) is 30.3 Å². The van der Waals surface area contributed by atoms with E-state index in [2.05, 4.69) is 22.6 Å². The molecule has 0 saturated carbocycles. The zero-order valence-corrected chi connectivity index (χ0v) is 15.3. The molecule has 0 unspecified atom stereocenters. The van der Waals surface area contributed by atoms with Crippen molar-refractivity contribution in [3.05, 3.63) is 41.7 Å². The summed E-state index contributed by atoms with van der Waals surface area (Å²) in [5.74, 6) is -0.318. The number of amides is 2. The van der Waals surface area contributed by atoms with E-state index in [1.54, 1.807) is 22.0 Å². The molecule has 1 aromatic carbocycles. The van der Waals surface area contributed by atoms with Crippen LogP contribution < -0.4 is 10.2 Å². The van der Waals surface area contributed by atoms with E-state index in [-0.39, 0.29) is 24.2 Å². The van der Waals surface area contributed by atoms with Gasteiger partial charge in [-0.05, 0) is 30.9 Å². The maximum absolute atomic E-state index is 12.5. The van der Waals surface area contributed by atoms with Crippen LogP contribution in [0.15, 0.2) is 30.6 Å². The highest BCUT2D eigenvalue weighted by molar-refractivity contribution is 6.01. The summed E-state index contributed by atoms with van der Waals surface area (Å²) in [4.78, 5) is 26.8.